The molecule has 0 unspecified atom stereocenters. The highest BCUT2D eigenvalue weighted by molar-refractivity contribution is 7.92. The fourth-order valence-electron chi connectivity index (χ4n) is 3.10. The lowest BCUT2D eigenvalue weighted by Crippen LogP contribution is -2.38. The number of esters is 1. The first kappa shape index (κ1) is 24.7. The van der Waals surface area contributed by atoms with Gasteiger partial charge in [0.15, 0.2) is 0 Å². The van der Waals surface area contributed by atoms with Crippen LogP contribution in [0, 0.1) is 5.82 Å². The van der Waals surface area contributed by atoms with E-state index in [1.165, 1.54) is 67.8 Å². The number of para-hydroxylation sites is 1. The fourth-order valence-corrected chi connectivity index (χ4v) is 4.53. The molecule has 0 atom stereocenters. The van der Waals surface area contributed by atoms with Gasteiger partial charge < -0.3 is 14.8 Å². The molecular weight excluding hydrogens is 463 g/mol. The molecule has 8 nitrogen and oxygen atoms in total. The number of benzene rings is 3. The summed E-state index contributed by atoms with van der Waals surface area (Å²) in [4.78, 5) is 24.6. The van der Waals surface area contributed by atoms with E-state index in [-0.39, 0.29) is 28.4 Å². The van der Waals surface area contributed by atoms with Crippen molar-refractivity contribution >= 4 is 33.3 Å². The van der Waals surface area contributed by atoms with Gasteiger partial charge in [-0.2, -0.15) is 0 Å². The van der Waals surface area contributed by atoms with E-state index in [1.54, 1.807) is 13.0 Å². The first-order valence-electron chi connectivity index (χ1n) is 10.2. The highest BCUT2D eigenvalue weighted by Gasteiger charge is 2.29. The molecular formula is C24H23FN2O6S. The predicted molar refractivity (Wildman–Crippen MR) is 125 cm³/mol. The second-order valence-corrected chi connectivity index (χ2v) is 8.85. The molecule has 3 aromatic carbocycles. The molecule has 10 heteroatoms. The Hall–Kier alpha value is -3.92. The lowest BCUT2D eigenvalue weighted by atomic mass is 10.2. The smallest absolute Gasteiger partial charge is 0.338 e. The van der Waals surface area contributed by atoms with E-state index in [0.29, 0.717) is 10.1 Å². The summed E-state index contributed by atoms with van der Waals surface area (Å²) < 4.78 is 52.0. The largest absolute Gasteiger partial charge is 0.497 e. The van der Waals surface area contributed by atoms with Crippen molar-refractivity contribution in [2.75, 3.05) is 29.9 Å². The van der Waals surface area contributed by atoms with E-state index in [1.807, 2.05) is 0 Å². The third kappa shape index (κ3) is 5.70. The van der Waals surface area contributed by atoms with Crippen LogP contribution in [-0.4, -0.2) is 40.6 Å². The number of carbonyl (C=O) groups is 2. The van der Waals surface area contributed by atoms with Gasteiger partial charge in [0.25, 0.3) is 10.0 Å². The minimum atomic E-state index is -4.32. The van der Waals surface area contributed by atoms with Crippen molar-refractivity contribution in [2.45, 2.75) is 11.8 Å². The second kappa shape index (κ2) is 10.8. The number of nitrogens with zero attached hydrogens (tertiary/aromatic N) is 1. The van der Waals surface area contributed by atoms with E-state index < -0.39 is 34.3 Å². The zero-order valence-corrected chi connectivity index (χ0v) is 19.3. The number of methoxy groups -OCH3 is 1. The summed E-state index contributed by atoms with van der Waals surface area (Å²) in [5, 5.41) is 2.55. The molecule has 3 aromatic rings. The number of rotatable bonds is 9. The third-order valence-corrected chi connectivity index (χ3v) is 6.49. The average Bonchev–Trinajstić information content (AvgIpc) is 2.83. The standard InChI is InChI=1S/C24H23FN2O6S/c1-3-33-24(29)17-7-6-8-18(15-17)26-23(28)16-27(22-10-5-4-9-21(22)25)34(30,31)20-13-11-19(32-2)12-14-20/h4-15H,3,16H2,1-2H3,(H,26,28). The number of sulfonamides is 1. The van der Waals surface area contributed by atoms with Gasteiger partial charge in [-0.3, -0.25) is 9.10 Å². The Kier molecular flexibility index (Phi) is 7.85. The van der Waals surface area contributed by atoms with Gasteiger partial charge in [0.05, 0.1) is 29.9 Å². The topological polar surface area (TPSA) is 102 Å². The van der Waals surface area contributed by atoms with Gasteiger partial charge in [0.1, 0.15) is 18.1 Å². The van der Waals surface area contributed by atoms with Gasteiger partial charge in [0, 0.05) is 5.69 Å². The Labute approximate surface area is 197 Å². The van der Waals surface area contributed by atoms with Crippen molar-refractivity contribution in [2.24, 2.45) is 0 Å². The summed E-state index contributed by atoms with van der Waals surface area (Å²) in [6, 6.07) is 16.8. The van der Waals surface area contributed by atoms with Crippen LogP contribution < -0.4 is 14.4 Å². The summed E-state index contributed by atoms with van der Waals surface area (Å²) in [6.45, 7) is 1.15. The predicted octanol–water partition coefficient (Wildman–Crippen LogP) is 3.85. The molecule has 1 amide bonds. The van der Waals surface area contributed by atoms with Crippen LogP contribution in [0.25, 0.3) is 0 Å². The van der Waals surface area contributed by atoms with E-state index in [9.17, 15) is 22.4 Å². The van der Waals surface area contributed by atoms with E-state index in [2.05, 4.69) is 5.32 Å². The fraction of sp³-hybridized carbons (Fsp3) is 0.167. The Morgan fingerprint density at radius 2 is 1.71 bits per heavy atom. The quantitative estimate of drug-likeness (QED) is 0.461. The number of amides is 1. The van der Waals surface area contributed by atoms with E-state index >= 15 is 0 Å². The maximum absolute atomic E-state index is 14.6. The van der Waals surface area contributed by atoms with Gasteiger partial charge >= 0.3 is 5.97 Å². The number of hydrogen-bond acceptors (Lipinski definition) is 6. The zero-order valence-electron chi connectivity index (χ0n) is 18.5. The van der Waals surface area contributed by atoms with Crippen LogP contribution in [0.4, 0.5) is 15.8 Å². The molecule has 178 valence electrons. The Bertz CT molecular complexity index is 1280. The number of nitrogens with one attached hydrogen (secondary N) is 1. The minimum Gasteiger partial charge on any atom is -0.497 e. The van der Waals surface area contributed by atoms with Crippen molar-refractivity contribution in [1.82, 2.24) is 0 Å². The van der Waals surface area contributed by atoms with Crippen LogP contribution >= 0.6 is 0 Å². The van der Waals surface area contributed by atoms with Crippen LogP contribution in [0.5, 0.6) is 5.75 Å². The average molecular weight is 487 g/mol. The van der Waals surface area contributed by atoms with Gasteiger partial charge in [-0.1, -0.05) is 18.2 Å². The number of carbonyl (C=O) groups excluding carboxylic acids is 2. The summed E-state index contributed by atoms with van der Waals surface area (Å²) in [6.07, 6.45) is 0. The Morgan fingerprint density at radius 3 is 2.35 bits per heavy atom. The van der Waals surface area contributed by atoms with E-state index in [4.69, 9.17) is 9.47 Å². The minimum absolute atomic E-state index is 0.145. The molecule has 0 aliphatic rings. The molecule has 1 N–H and O–H groups in total. The van der Waals surface area contributed by atoms with E-state index in [0.717, 1.165) is 6.07 Å². The van der Waals surface area contributed by atoms with Gasteiger partial charge in [-0.15, -0.1) is 0 Å². The van der Waals surface area contributed by atoms with Crippen molar-refractivity contribution in [3.05, 3.63) is 84.2 Å². The SMILES string of the molecule is CCOC(=O)c1cccc(NC(=O)CN(c2ccccc2F)S(=O)(=O)c2ccc(OC)cc2)c1. The molecule has 0 aromatic heterocycles. The zero-order chi connectivity index (χ0) is 24.7. The molecule has 0 saturated carbocycles. The maximum Gasteiger partial charge on any atom is 0.338 e. The second-order valence-electron chi connectivity index (χ2n) is 6.99. The Morgan fingerprint density at radius 1 is 1.00 bits per heavy atom. The highest BCUT2D eigenvalue weighted by atomic mass is 32.2. The lowest BCUT2D eigenvalue weighted by molar-refractivity contribution is -0.114. The van der Waals surface area contributed by atoms with Gasteiger partial charge in [0.2, 0.25) is 5.91 Å². The first-order valence-corrected chi connectivity index (χ1v) is 11.7. The molecule has 0 spiro atoms. The normalized spacial score (nSPS) is 10.9. The Balaban J connectivity index is 1.91. The monoisotopic (exact) mass is 486 g/mol. The molecule has 0 bridgehead atoms. The summed E-state index contributed by atoms with van der Waals surface area (Å²) in [5.41, 5.74) is 0.191. The highest BCUT2D eigenvalue weighted by Crippen LogP contribution is 2.27. The van der Waals surface area contributed by atoms with Crippen molar-refractivity contribution in [3.8, 4) is 5.75 Å². The van der Waals surface area contributed by atoms with Crippen LogP contribution in [0.3, 0.4) is 0 Å². The molecule has 0 radical (unpaired) electrons. The van der Waals surface area contributed by atoms with Crippen LogP contribution in [0.15, 0.2) is 77.7 Å². The summed E-state index contributed by atoms with van der Waals surface area (Å²) in [7, 11) is -2.87. The number of halogens is 1. The lowest BCUT2D eigenvalue weighted by Gasteiger charge is -2.24. The number of hydrogen-bond donors (Lipinski definition) is 1. The molecule has 0 aliphatic heterocycles. The summed E-state index contributed by atoms with van der Waals surface area (Å²) >= 11 is 0. The van der Waals surface area contributed by atoms with Gasteiger partial charge in [-0.05, 0) is 61.5 Å². The summed E-state index contributed by atoms with van der Waals surface area (Å²) in [5.74, 6) is -1.66. The van der Waals surface area contributed by atoms with Crippen LogP contribution in [-0.2, 0) is 19.6 Å². The van der Waals surface area contributed by atoms with Crippen molar-refractivity contribution < 1.29 is 31.9 Å². The number of ether oxygens (including phenoxy) is 2. The van der Waals surface area contributed by atoms with Crippen LogP contribution in [0.1, 0.15) is 17.3 Å². The van der Waals surface area contributed by atoms with Crippen LogP contribution in [0.2, 0.25) is 0 Å². The third-order valence-electron chi connectivity index (χ3n) is 4.71. The maximum atomic E-state index is 14.6. The molecule has 0 saturated heterocycles. The van der Waals surface area contributed by atoms with Gasteiger partial charge in [-0.25, -0.2) is 17.6 Å². The van der Waals surface area contributed by atoms with Crippen molar-refractivity contribution in [3.63, 3.8) is 0 Å². The molecule has 0 fully saturated rings. The molecule has 0 aliphatic carbocycles. The number of anilines is 2. The first-order chi connectivity index (χ1) is 16.3. The molecule has 34 heavy (non-hydrogen) atoms. The molecule has 0 heterocycles. The van der Waals surface area contributed by atoms with Crippen molar-refractivity contribution in [1.29, 1.82) is 0 Å². The molecule has 3 rings (SSSR count).